The maximum absolute atomic E-state index is 13.7. The third kappa shape index (κ3) is 3.50. The Morgan fingerprint density at radius 1 is 1.24 bits per heavy atom. The summed E-state index contributed by atoms with van der Waals surface area (Å²) in [4.78, 5) is 9.16. The van der Waals surface area contributed by atoms with Crippen LogP contribution in [0.2, 0.25) is 0 Å². The van der Waals surface area contributed by atoms with E-state index in [1.54, 1.807) is 6.07 Å². The Kier molecular flexibility index (Phi) is 4.05. The molecule has 0 aliphatic heterocycles. The van der Waals surface area contributed by atoms with Gasteiger partial charge in [-0.1, -0.05) is 11.8 Å². The summed E-state index contributed by atoms with van der Waals surface area (Å²) in [6.45, 7) is 2.73. The number of hydrogen-bond donors (Lipinski definition) is 1. The second-order valence-corrected chi connectivity index (χ2v) is 5.99. The predicted molar refractivity (Wildman–Crippen MR) is 78.7 cm³/mol. The van der Waals surface area contributed by atoms with Gasteiger partial charge < -0.3 is 5.32 Å². The molecule has 0 amide bonds. The number of nitrogens with zero attached hydrogens (tertiary/aromatic N) is 2. The molecule has 110 valence electrons. The van der Waals surface area contributed by atoms with Crippen LogP contribution >= 0.6 is 11.8 Å². The zero-order chi connectivity index (χ0) is 14.8. The van der Waals surface area contributed by atoms with Gasteiger partial charge in [0.15, 0.2) is 0 Å². The minimum atomic E-state index is -0.456. The number of benzene rings is 1. The van der Waals surface area contributed by atoms with E-state index in [2.05, 4.69) is 15.3 Å². The van der Waals surface area contributed by atoms with Crippen LogP contribution in [0.25, 0.3) is 0 Å². The molecule has 1 fully saturated rings. The van der Waals surface area contributed by atoms with Gasteiger partial charge >= 0.3 is 0 Å². The first-order chi connectivity index (χ1) is 10.2. The fourth-order valence-corrected chi connectivity index (χ4v) is 2.83. The van der Waals surface area contributed by atoms with E-state index in [4.69, 9.17) is 0 Å². The number of rotatable bonds is 5. The summed E-state index contributed by atoms with van der Waals surface area (Å²) >= 11 is 1.12. The standard InChI is InChI=1S/C15H15F2N3S/c1-2-18-13-8-14(20-15(19-13)9-3-4-9)21-12-7-10(16)5-6-11(12)17/h5-9H,2-4H2,1H3,(H,18,19,20). The molecule has 1 aromatic carbocycles. The maximum Gasteiger partial charge on any atom is 0.137 e. The van der Waals surface area contributed by atoms with E-state index in [0.717, 1.165) is 54.9 Å². The van der Waals surface area contributed by atoms with Gasteiger partial charge in [-0.2, -0.15) is 0 Å². The molecule has 2 aromatic rings. The molecule has 3 nitrogen and oxygen atoms in total. The quantitative estimate of drug-likeness (QED) is 0.840. The van der Waals surface area contributed by atoms with Gasteiger partial charge in [0, 0.05) is 18.5 Å². The molecule has 6 heteroatoms. The third-order valence-corrected chi connectivity index (χ3v) is 4.08. The van der Waals surface area contributed by atoms with Gasteiger partial charge in [0.25, 0.3) is 0 Å². The lowest BCUT2D eigenvalue weighted by molar-refractivity contribution is 0.577. The zero-order valence-electron chi connectivity index (χ0n) is 11.6. The Balaban J connectivity index is 1.91. The van der Waals surface area contributed by atoms with E-state index in [0.29, 0.717) is 10.9 Å². The highest BCUT2D eigenvalue weighted by molar-refractivity contribution is 7.99. The summed E-state index contributed by atoms with van der Waals surface area (Å²) < 4.78 is 27.0. The SMILES string of the molecule is CCNc1cc(Sc2cc(F)ccc2F)nc(C2CC2)n1. The van der Waals surface area contributed by atoms with Gasteiger partial charge in [-0.3, -0.25) is 0 Å². The highest BCUT2D eigenvalue weighted by atomic mass is 32.2. The molecule has 1 aliphatic rings. The van der Waals surface area contributed by atoms with Crippen LogP contribution in [0.1, 0.15) is 31.5 Å². The Hall–Kier alpha value is -1.69. The Labute approximate surface area is 126 Å². The summed E-state index contributed by atoms with van der Waals surface area (Å²) in [7, 11) is 0. The summed E-state index contributed by atoms with van der Waals surface area (Å²) in [5, 5.41) is 3.78. The van der Waals surface area contributed by atoms with Crippen LogP contribution in [-0.2, 0) is 0 Å². The molecule has 0 atom stereocenters. The minimum absolute atomic E-state index is 0.234. The lowest BCUT2D eigenvalue weighted by Gasteiger charge is -2.08. The fraction of sp³-hybridized carbons (Fsp3) is 0.333. The van der Waals surface area contributed by atoms with Crippen molar-refractivity contribution in [1.82, 2.24) is 9.97 Å². The number of anilines is 1. The predicted octanol–water partition coefficient (Wildman–Crippen LogP) is 4.22. The zero-order valence-corrected chi connectivity index (χ0v) is 12.4. The van der Waals surface area contributed by atoms with Crippen LogP contribution in [0.4, 0.5) is 14.6 Å². The first-order valence-electron chi connectivity index (χ1n) is 6.91. The molecule has 0 bridgehead atoms. The first kappa shape index (κ1) is 14.3. The van der Waals surface area contributed by atoms with E-state index in [-0.39, 0.29) is 4.90 Å². The fourth-order valence-electron chi connectivity index (χ4n) is 1.96. The molecule has 0 unspecified atom stereocenters. The van der Waals surface area contributed by atoms with E-state index in [1.165, 1.54) is 6.07 Å². The van der Waals surface area contributed by atoms with E-state index >= 15 is 0 Å². The van der Waals surface area contributed by atoms with Crippen molar-refractivity contribution >= 4 is 17.6 Å². The van der Waals surface area contributed by atoms with Crippen molar-refractivity contribution in [3.8, 4) is 0 Å². The summed E-state index contributed by atoms with van der Waals surface area (Å²) in [5.74, 6) is 1.02. The highest BCUT2D eigenvalue weighted by Gasteiger charge is 2.27. The molecular formula is C15H15F2N3S. The van der Waals surface area contributed by atoms with Crippen LogP contribution in [0.15, 0.2) is 34.2 Å². The minimum Gasteiger partial charge on any atom is -0.370 e. The van der Waals surface area contributed by atoms with Crippen molar-refractivity contribution in [2.45, 2.75) is 35.6 Å². The van der Waals surface area contributed by atoms with Crippen LogP contribution in [-0.4, -0.2) is 16.5 Å². The van der Waals surface area contributed by atoms with Gasteiger partial charge in [-0.15, -0.1) is 0 Å². The van der Waals surface area contributed by atoms with Gasteiger partial charge in [-0.25, -0.2) is 18.7 Å². The van der Waals surface area contributed by atoms with Crippen molar-refractivity contribution in [1.29, 1.82) is 0 Å². The van der Waals surface area contributed by atoms with Crippen molar-refractivity contribution in [2.24, 2.45) is 0 Å². The van der Waals surface area contributed by atoms with Crippen molar-refractivity contribution in [3.63, 3.8) is 0 Å². The van der Waals surface area contributed by atoms with Gasteiger partial charge in [0.05, 0.1) is 4.90 Å². The lowest BCUT2D eigenvalue weighted by Crippen LogP contribution is -2.03. The van der Waals surface area contributed by atoms with Crippen LogP contribution in [0.3, 0.4) is 0 Å². The largest absolute Gasteiger partial charge is 0.370 e. The van der Waals surface area contributed by atoms with Crippen LogP contribution in [0.5, 0.6) is 0 Å². The van der Waals surface area contributed by atoms with Gasteiger partial charge in [0.2, 0.25) is 0 Å². The van der Waals surface area contributed by atoms with Crippen molar-refractivity contribution in [3.05, 3.63) is 41.7 Å². The summed E-state index contributed by atoms with van der Waals surface area (Å²) in [5.41, 5.74) is 0. The normalized spacial score (nSPS) is 14.2. The van der Waals surface area contributed by atoms with Gasteiger partial charge in [-0.05, 0) is 38.0 Å². The number of halogens is 2. The first-order valence-corrected chi connectivity index (χ1v) is 7.73. The van der Waals surface area contributed by atoms with Gasteiger partial charge in [0.1, 0.15) is 28.3 Å². The average molecular weight is 307 g/mol. The molecular weight excluding hydrogens is 292 g/mol. The molecule has 0 radical (unpaired) electrons. The lowest BCUT2D eigenvalue weighted by atomic mass is 10.3. The molecule has 0 spiro atoms. The molecule has 3 rings (SSSR count). The topological polar surface area (TPSA) is 37.8 Å². The smallest absolute Gasteiger partial charge is 0.137 e. The van der Waals surface area contributed by atoms with Crippen LogP contribution < -0.4 is 5.32 Å². The van der Waals surface area contributed by atoms with E-state index < -0.39 is 11.6 Å². The second-order valence-electron chi connectivity index (χ2n) is 4.93. The molecule has 1 saturated carbocycles. The Morgan fingerprint density at radius 3 is 2.76 bits per heavy atom. The van der Waals surface area contributed by atoms with Crippen molar-refractivity contribution < 1.29 is 8.78 Å². The summed E-state index contributed by atoms with van der Waals surface area (Å²) in [6.07, 6.45) is 2.18. The van der Waals surface area contributed by atoms with Crippen molar-refractivity contribution in [2.75, 3.05) is 11.9 Å². The molecule has 1 heterocycles. The summed E-state index contributed by atoms with van der Waals surface area (Å²) in [6, 6.07) is 5.20. The molecule has 21 heavy (non-hydrogen) atoms. The van der Waals surface area contributed by atoms with Crippen LogP contribution in [0, 0.1) is 11.6 Å². The highest BCUT2D eigenvalue weighted by Crippen LogP contribution is 2.40. The Morgan fingerprint density at radius 2 is 2.05 bits per heavy atom. The Bertz CT molecular complexity index is 659. The number of nitrogens with one attached hydrogen (secondary N) is 1. The number of aromatic nitrogens is 2. The average Bonchev–Trinajstić information content (AvgIpc) is 3.28. The third-order valence-electron chi connectivity index (χ3n) is 3.13. The molecule has 1 aliphatic carbocycles. The molecule has 0 saturated heterocycles. The van der Waals surface area contributed by atoms with E-state index in [9.17, 15) is 8.78 Å². The molecule has 1 aromatic heterocycles. The number of hydrogen-bond acceptors (Lipinski definition) is 4. The van der Waals surface area contributed by atoms with E-state index in [1.807, 2.05) is 6.92 Å². The second kappa shape index (κ2) is 5.97. The monoisotopic (exact) mass is 307 g/mol. The maximum atomic E-state index is 13.7. The molecule has 1 N–H and O–H groups in total.